The number of thioether (sulfide) groups is 1. The maximum absolute atomic E-state index is 12.5. The Hall–Kier alpha value is -1.01. The number of sulfone groups is 1. The van der Waals surface area contributed by atoms with Crippen molar-refractivity contribution in [2.45, 2.75) is 36.3 Å². The zero-order chi connectivity index (χ0) is 16.4. The summed E-state index contributed by atoms with van der Waals surface area (Å²) in [6.45, 7) is 3.60. The lowest BCUT2D eigenvalue weighted by molar-refractivity contribution is -0.135. The smallest absolute Gasteiger partial charge is 0.226 e. The Morgan fingerprint density at radius 3 is 2.57 bits per heavy atom. The van der Waals surface area contributed by atoms with E-state index in [1.165, 1.54) is 10.5 Å². The van der Waals surface area contributed by atoms with E-state index < -0.39 is 9.84 Å². The number of carbonyl (C=O) groups excluding carboxylic acids is 1. The van der Waals surface area contributed by atoms with Gasteiger partial charge in [-0.15, -0.1) is 11.8 Å². The van der Waals surface area contributed by atoms with Gasteiger partial charge in [0.25, 0.3) is 0 Å². The SMILES string of the molecule is Cc1cccc(SC2CCN(C(=O)C3CCS(=O)(=O)C3)CC2)c1. The highest BCUT2D eigenvalue weighted by molar-refractivity contribution is 8.00. The van der Waals surface area contributed by atoms with Crippen molar-refractivity contribution < 1.29 is 13.2 Å². The van der Waals surface area contributed by atoms with E-state index in [4.69, 9.17) is 0 Å². The fourth-order valence-corrected chi connectivity index (χ4v) is 6.30. The Morgan fingerprint density at radius 2 is 1.96 bits per heavy atom. The topological polar surface area (TPSA) is 54.5 Å². The number of benzene rings is 1. The van der Waals surface area contributed by atoms with E-state index in [2.05, 4.69) is 31.2 Å². The number of amides is 1. The van der Waals surface area contributed by atoms with Gasteiger partial charge in [-0.05, 0) is 38.3 Å². The second-order valence-electron chi connectivity index (χ2n) is 6.56. The first-order chi connectivity index (χ1) is 10.9. The Balaban J connectivity index is 1.51. The molecule has 2 fully saturated rings. The quantitative estimate of drug-likeness (QED) is 0.838. The molecule has 0 aliphatic carbocycles. The molecule has 23 heavy (non-hydrogen) atoms. The Labute approximate surface area is 142 Å². The van der Waals surface area contributed by atoms with Crippen molar-refractivity contribution in [3.8, 4) is 0 Å². The van der Waals surface area contributed by atoms with Crippen molar-refractivity contribution in [2.75, 3.05) is 24.6 Å². The molecule has 0 saturated carbocycles. The van der Waals surface area contributed by atoms with Crippen molar-refractivity contribution >= 4 is 27.5 Å². The fraction of sp³-hybridized carbons (Fsp3) is 0.588. The number of piperidine rings is 1. The van der Waals surface area contributed by atoms with Gasteiger partial charge in [-0.1, -0.05) is 17.7 Å². The maximum atomic E-state index is 12.5. The van der Waals surface area contributed by atoms with Crippen LogP contribution in [0.25, 0.3) is 0 Å². The number of likely N-dealkylation sites (tertiary alicyclic amines) is 1. The zero-order valence-electron chi connectivity index (χ0n) is 13.4. The lowest BCUT2D eigenvalue weighted by Crippen LogP contribution is -2.42. The minimum absolute atomic E-state index is 0.0454. The summed E-state index contributed by atoms with van der Waals surface area (Å²) in [5.74, 6) is -0.0431. The lowest BCUT2D eigenvalue weighted by Gasteiger charge is -2.33. The van der Waals surface area contributed by atoms with Gasteiger partial charge in [-0.2, -0.15) is 0 Å². The van der Waals surface area contributed by atoms with Gasteiger partial charge in [0.2, 0.25) is 5.91 Å². The summed E-state index contributed by atoms with van der Waals surface area (Å²) >= 11 is 1.89. The molecule has 4 nitrogen and oxygen atoms in total. The molecule has 2 saturated heterocycles. The number of aryl methyl sites for hydroxylation is 1. The van der Waals surface area contributed by atoms with Gasteiger partial charge in [0.05, 0.1) is 17.4 Å². The van der Waals surface area contributed by atoms with E-state index in [0.29, 0.717) is 11.7 Å². The molecule has 2 heterocycles. The fourth-order valence-electron chi connectivity index (χ4n) is 3.32. The molecule has 6 heteroatoms. The van der Waals surface area contributed by atoms with Crippen LogP contribution in [0.2, 0.25) is 0 Å². The molecule has 0 radical (unpaired) electrons. The normalized spacial score (nSPS) is 24.7. The molecule has 2 aliphatic rings. The van der Waals surface area contributed by atoms with Crippen molar-refractivity contribution in [1.29, 1.82) is 0 Å². The number of hydrogen-bond acceptors (Lipinski definition) is 4. The van der Waals surface area contributed by atoms with Crippen molar-refractivity contribution in [2.24, 2.45) is 5.92 Å². The first-order valence-corrected chi connectivity index (χ1v) is 10.9. The summed E-state index contributed by atoms with van der Waals surface area (Å²) in [5, 5.41) is 0.535. The third-order valence-electron chi connectivity index (χ3n) is 4.63. The number of carbonyl (C=O) groups is 1. The van der Waals surface area contributed by atoms with Gasteiger partial charge in [-0.25, -0.2) is 8.42 Å². The van der Waals surface area contributed by atoms with Crippen molar-refractivity contribution in [1.82, 2.24) is 4.90 Å². The van der Waals surface area contributed by atoms with Crippen LogP contribution in [0, 0.1) is 12.8 Å². The van der Waals surface area contributed by atoms with Crippen LogP contribution in [-0.2, 0) is 14.6 Å². The van der Waals surface area contributed by atoms with Crippen LogP contribution < -0.4 is 0 Å². The van der Waals surface area contributed by atoms with Gasteiger partial charge in [0.15, 0.2) is 9.84 Å². The van der Waals surface area contributed by atoms with Gasteiger partial charge in [-0.3, -0.25) is 4.79 Å². The third-order valence-corrected chi connectivity index (χ3v) is 7.73. The largest absolute Gasteiger partial charge is 0.342 e. The van der Waals surface area contributed by atoms with Gasteiger partial charge >= 0.3 is 0 Å². The second-order valence-corrected chi connectivity index (χ2v) is 10.2. The summed E-state index contributed by atoms with van der Waals surface area (Å²) in [5.41, 5.74) is 1.27. The predicted molar refractivity (Wildman–Crippen MR) is 93.4 cm³/mol. The van der Waals surface area contributed by atoms with Gasteiger partial charge in [0, 0.05) is 23.2 Å². The number of rotatable bonds is 3. The summed E-state index contributed by atoms with van der Waals surface area (Å²) in [4.78, 5) is 15.6. The molecular weight excluding hydrogens is 330 g/mol. The molecule has 3 rings (SSSR count). The molecule has 2 aliphatic heterocycles. The predicted octanol–water partition coefficient (Wildman–Crippen LogP) is 2.51. The number of nitrogens with zero attached hydrogens (tertiary/aromatic N) is 1. The lowest BCUT2D eigenvalue weighted by atomic mass is 10.0. The Bertz CT molecular complexity index is 679. The molecular formula is C17H23NO3S2. The van der Waals surface area contributed by atoms with E-state index in [-0.39, 0.29) is 23.3 Å². The number of hydrogen-bond donors (Lipinski definition) is 0. The van der Waals surface area contributed by atoms with E-state index >= 15 is 0 Å². The molecule has 1 atom stereocenters. The van der Waals surface area contributed by atoms with E-state index in [0.717, 1.165) is 25.9 Å². The summed E-state index contributed by atoms with van der Waals surface area (Å²) < 4.78 is 23.1. The van der Waals surface area contributed by atoms with E-state index in [1.54, 1.807) is 0 Å². The molecule has 1 amide bonds. The molecule has 0 bridgehead atoms. The van der Waals surface area contributed by atoms with Crippen LogP contribution >= 0.6 is 11.8 Å². The van der Waals surface area contributed by atoms with Crippen LogP contribution in [0.4, 0.5) is 0 Å². The highest BCUT2D eigenvalue weighted by Gasteiger charge is 2.36. The average Bonchev–Trinajstić information content (AvgIpc) is 2.87. The van der Waals surface area contributed by atoms with E-state index in [9.17, 15) is 13.2 Å². The molecule has 1 aromatic carbocycles. The van der Waals surface area contributed by atoms with Crippen LogP contribution in [-0.4, -0.2) is 49.1 Å². The summed E-state index contributed by atoms with van der Waals surface area (Å²) in [7, 11) is -2.99. The molecule has 1 aromatic rings. The van der Waals surface area contributed by atoms with Crippen LogP contribution in [0.3, 0.4) is 0 Å². The first-order valence-electron chi connectivity index (χ1n) is 8.15. The summed E-state index contributed by atoms with van der Waals surface area (Å²) in [6, 6.07) is 8.52. The van der Waals surface area contributed by atoms with Crippen molar-refractivity contribution in [3.05, 3.63) is 29.8 Å². The second kappa shape index (κ2) is 6.85. The minimum Gasteiger partial charge on any atom is -0.342 e. The van der Waals surface area contributed by atoms with Crippen LogP contribution in [0.5, 0.6) is 0 Å². The Morgan fingerprint density at radius 1 is 1.22 bits per heavy atom. The molecule has 0 N–H and O–H groups in total. The van der Waals surface area contributed by atoms with Gasteiger partial charge < -0.3 is 4.90 Å². The standard InChI is InChI=1S/C17H23NO3S2/c1-13-3-2-4-16(11-13)22-15-5-8-18(9-6-15)17(19)14-7-10-23(20,21)12-14/h2-4,11,14-15H,5-10,12H2,1H3. The zero-order valence-corrected chi connectivity index (χ0v) is 15.0. The molecule has 1 unspecified atom stereocenters. The van der Waals surface area contributed by atoms with Gasteiger partial charge in [0.1, 0.15) is 0 Å². The monoisotopic (exact) mass is 353 g/mol. The third kappa shape index (κ3) is 4.29. The molecule has 0 aromatic heterocycles. The minimum atomic E-state index is -2.99. The molecule has 0 spiro atoms. The van der Waals surface area contributed by atoms with Crippen molar-refractivity contribution in [3.63, 3.8) is 0 Å². The highest BCUT2D eigenvalue weighted by atomic mass is 32.2. The Kier molecular flexibility index (Phi) is 5.01. The average molecular weight is 354 g/mol. The summed E-state index contributed by atoms with van der Waals surface area (Å²) in [6.07, 6.45) is 2.45. The first kappa shape index (κ1) is 16.8. The van der Waals surface area contributed by atoms with Crippen LogP contribution in [0.1, 0.15) is 24.8 Å². The molecule has 126 valence electrons. The van der Waals surface area contributed by atoms with Crippen LogP contribution in [0.15, 0.2) is 29.2 Å². The van der Waals surface area contributed by atoms with E-state index in [1.807, 2.05) is 16.7 Å². The highest BCUT2D eigenvalue weighted by Crippen LogP contribution is 2.31. The maximum Gasteiger partial charge on any atom is 0.226 e.